The van der Waals surface area contributed by atoms with Crippen molar-refractivity contribution in [2.24, 2.45) is 5.92 Å². The molecule has 1 atom stereocenters. The molecule has 232 valence electrons. The summed E-state index contributed by atoms with van der Waals surface area (Å²) in [6.07, 6.45) is 19.1. The highest BCUT2D eigenvalue weighted by Crippen LogP contribution is 2.39. The number of unbranched alkanes of at least 4 members (excludes halogenated alkanes) is 9. The van der Waals surface area contributed by atoms with Crippen LogP contribution in [0.4, 0.5) is 4.39 Å². The number of hydrogen-bond acceptors (Lipinski definition) is 4. The molecular formula is C37H55FN2O2. The molecule has 0 aliphatic carbocycles. The molecule has 2 aromatic rings. The van der Waals surface area contributed by atoms with Crippen molar-refractivity contribution >= 4 is 0 Å². The maximum Gasteiger partial charge on any atom is 0.161 e. The number of methoxy groups -OCH3 is 2. The predicted molar refractivity (Wildman–Crippen MR) is 172 cm³/mol. The second-order valence-corrected chi connectivity index (χ2v) is 12.4. The van der Waals surface area contributed by atoms with E-state index in [0.717, 1.165) is 57.3 Å². The molecule has 1 fully saturated rings. The van der Waals surface area contributed by atoms with Crippen LogP contribution >= 0.6 is 0 Å². The fraction of sp³-hybridized carbons (Fsp3) is 0.649. The van der Waals surface area contributed by atoms with Crippen molar-refractivity contribution in [2.45, 2.75) is 115 Å². The van der Waals surface area contributed by atoms with Gasteiger partial charge < -0.3 is 14.4 Å². The van der Waals surface area contributed by atoms with Crippen molar-refractivity contribution in [1.29, 1.82) is 5.26 Å². The first-order valence-corrected chi connectivity index (χ1v) is 16.6. The van der Waals surface area contributed by atoms with Crippen molar-refractivity contribution in [3.8, 4) is 17.6 Å². The van der Waals surface area contributed by atoms with Crippen molar-refractivity contribution in [3.63, 3.8) is 0 Å². The van der Waals surface area contributed by atoms with E-state index in [0.29, 0.717) is 17.4 Å². The molecule has 0 radical (unpaired) electrons. The summed E-state index contributed by atoms with van der Waals surface area (Å²) in [6.45, 7) is 5.49. The largest absolute Gasteiger partial charge is 0.493 e. The van der Waals surface area contributed by atoms with E-state index in [4.69, 9.17) is 9.47 Å². The van der Waals surface area contributed by atoms with Crippen LogP contribution in [-0.2, 0) is 11.8 Å². The minimum absolute atomic E-state index is 0.164. The number of hydrogen-bond donors (Lipinski definition) is 0. The molecule has 4 nitrogen and oxygen atoms in total. The molecular weight excluding hydrogens is 523 g/mol. The van der Waals surface area contributed by atoms with Gasteiger partial charge in [-0.25, -0.2) is 4.39 Å². The number of piperidine rings is 1. The van der Waals surface area contributed by atoms with Crippen molar-refractivity contribution in [1.82, 2.24) is 4.90 Å². The summed E-state index contributed by atoms with van der Waals surface area (Å²) in [6, 6.07) is 15.8. The van der Waals surface area contributed by atoms with E-state index in [1.165, 1.54) is 76.2 Å². The van der Waals surface area contributed by atoms with Gasteiger partial charge in [0.2, 0.25) is 0 Å². The average molecular weight is 579 g/mol. The highest BCUT2D eigenvalue weighted by molar-refractivity contribution is 5.47. The lowest BCUT2D eigenvalue weighted by Crippen LogP contribution is -2.36. The summed E-state index contributed by atoms with van der Waals surface area (Å²) in [7, 11) is 3.32. The molecule has 0 bridgehead atoms. The molecule has 42 heavy (non-hydrogen) atoms. The molecule has 0 N–H and O–H groups in total. The molecule has 5 heteroatoms. The Morgan fingerprint density at radius 2 is 1.40 bits per heavy atom. The van der Waals surface area contributed by atoms with Crippen molar-refractivity contribution < 1.29 is 13.9 Å². The molecule has 0 spiro atoms. The van der Waals surface area contributed by atoms with Crippen LogP contribution in [-0.4, -0.2) is 38.8 Å². The predicted octanol–water partition coefficient (Wildman–Crippen LogP) is 9.65. The molecule has 3 rings (SSSR count). The lowest BCUT2D eigenvalue weighted by molar-refractivity contribution is 0.178. The second-order valence-electron chi connectivity index (χ2n) is 12.4. The number of likely N-dealkylation sites (tertiary alicyclic amines) is 1. The molecule has 1 aliphatic heterocycles. The summed E-state index contributed by atoms with van der Waals surface area (Å²) in [5.74, 6) is 1.90. The Hall–Kier alpha value is -2.58. The molecule has 1 aliphatic rings. The van der Waals surface area contributed by atoms with E-state index in [1.54, 1.807) is 26.4 Å². The van der Waals surface area contributed by atoms with Crippen LogP contribution in [0.5, 0.6) is 11.5 Å². The van der Waals surface area contributed by atoms with E-state index in [1.807, 2.05) is 24.3 Å². The SMILES string of the molecule is CCCCCCCCCCCCC(C#N)(CCCN1CCC(Cc2ccc(F)cc2)CC1)c1ccc(OC)c(OC)c1. The van der Waals surface area contributed by atoms with E-state index in [2.05, 4.69) is 24.0 Å². The number of nitriles is 1. The van der Waals surface area contributed by atoms with Gasteiger partial charge >= 0.3 is 0 Å². The summed E-state index contributed by atoms with van der Waals surface area (Å²) < 4.78 is 24.4. The van der Waals surface area contributed by atoms with Gasteiger partial charge in [0.25, 0.3) is 0 Å². The molecule has 1 unspecified atom stereocenters. The first kappa shape index (κ1) is 33.9. The highest BCUT2D eigenvalue weighted by Gasteiger charge is 2.33. The number of benzene rings is 2. The highest BCUT2D eigenvalue weighted by atomic mass is 19.1. The Morgan fingerprint density at radius 3 is 2.00 bits per heavy atom. The zero-order valence-electron chi connectivity index (χ0n) is 26.6. The van der Waals surface area contributed by atoms with Crippen LogP contribution in [0, 0.1) is 23.1 Å². The van der Waals surface area contributed by atoms with Gasteiger partial charge in [0.15, 0.2) is 11.5 Å². The quantitative estimate of drug-likeness (QED) is 0.147. The van der Waals surface area contributed by atoms with E-state index < -0.39 is 5.41 Å². The fourth-order valence-electron chi connectivity index (χ4n) is 6.61. The number of ether oxygens (including phenoxy) is 2. The third-order valence-corrected chi connectivity index (χ3v) is 9.33. The lowest BCUT2D eigenvalue weighted by Gasteiger charge is -2.33. The Balaban J connectivity index is 1.52. The van der Waals surface area contributed by atoms with E-state index in [9.17, 15) is 9.65 Å². The number of halogens is 1. The summed E-state index contributed by atoms with van der Waals surface area (Å²) in [4.78, 5) is 2.57. The molecule has 0 saturated carbocycles. The van der Waals surface area contributed by atoms with Crippen LogP contribution in [0.1, 0.15) is 114 Å². The number of nitrogens with zero attached hydrogens (tertiary/aromatic N) is 2. The van der Waals surface area contributed by atoms with Gasteiger partial charge in [-0.1, -0.05) is 89.3 Å². The zero-order valence-corrected chi connectivity index (χ0v) is 26.6. The molecule has 2 aromatic carbocycles. The molecule has 0 aromatic heterocycles. The lowest BCUT2D eigenvalue weighted by atomic mass is 9.74. The normalized spacial score (nSPS) is 15.7. The monoisotopic (exact) mass is 578 g/mol. The Morgan fingerprint density at radius 1 is 0.810 bits per heavy atom. The van der Waals surface area contributed by atoms with Crippen molar-refractivity contribution in [2.75, 3.05) is 33.9 Å². The minimum Gasteiger partial charge on any atom is -0.493 e. The van der Waals surface area contributed by atoms with Crippen LogP contribution in [0.3, 0.4) is 0 Å². The van der Waals surface area contributed by atoms with Gasteiger partial charge in [-0.3, -0.25) is 0 Å². The van der Waals surface area contributed by atoms with Gasteiger partial charge in [0.1, 0.15) is 5.82 Å². The van der Waals surface area contributed by atoms with Crippen molar-refractivity contribution in [3.05, 3.63) is 59.4 Å². The second kappa shape index (κ2) is 18.9. The molecule has 1 heterocycles. The first-order valence-electron chi connectivity index (χ1n) is 16.6. The minimum atomic E-state index is -0.513. The van der Waals surface area contributed by atoms with Crippen LogP contribution in [0.2, 0.25) is 0 Å². The maximum absolute atomic E-state index is 13.3. The molecule has 1 saturated heterocycles. The Bertz CT molecular complexity index is 1060. The average Bonchev–Trinajstić information content (AvgIpc) is 3.02. The smallest absolute Gasteiger partial charge is 0.161 e. The summed E-state index contributed by atoms with van der Waals surface area (Å²) in [5, 5.41) is 10.6. The van der Waals surface area contributed by atoms with Crippen LogP contribution in [0.15, 0.2) is 42.5 Å². The van der Waals surface area contributed by atoms with Gasteiger partial charge in [-0.15, -0.1) is 0 Å². The van der Waals surface area contributed by atoms with Crippen LogP contribution in [0.25, 0.3) is 0 Å². The van der Waals surface area contributed by atoms with Gasteiger partial charge in [0, 0.05) is 0 Å². The standard InChI is InChI=1S/C37H55FN2O2/c1-4-5-6-7-8-9-10-11-12-13-23-37(30-39,33-17-20-35(41-2)36(29-33)42-3)24-14-25-40-26-21-32(22-27-40)28-31-15-18-34(38)19-16-31/h15-20,29,32H,4-14,21-28H2,1-3H3. The summed E-state index contributed by atoms with van der Waals surface area (Å²) >= 11 is 0. The van der Waals surface area contributed by atoms with Gasteiger partial charge in [-0.2, -0.15) is 5.26 Å². The zero-order chi connectivity index (χ0) is 30.0. The van der Waals surface area contributed by atoms with Gasteiger partial charge in [-0.05, 0) is 99.5 Å². The third kappa shape index (κ3) is 10.9. The van der Waals surface area contributed by atoms with Gasteiger partial charge in [0.05, 0.1) is 25.7 Å². The Labute approximate surface area is 255 Å². The number of rotatable bonds is 20. The Kier molecular flexibility index (Phi) is 15.2. The van der Waals surface area contributed by atoms with E-state index >= 15 is 0 Å². The van der Waals surface area contributed by atoms with Crippen LogP contribution < -0.4 is 9.47 Å². The summed E-state index contributed by atoms with van der Waals surface area (Å²) in [5.41, 5.74) is 1.77. The first-order chi connectivity index (χ1) is 20.5. The molecule has 0 amide bonds. The maximum atomic E-state index is 13.3. The van der Waals surface area contributed by atoms with E-state index in [-0.39, 0.29) is 5.82 Å². The topological polar surface area (TPSA) is 45.5 Å². The fourth-order valence-corrected chi connectivity index (χ4v) is 6.61. The third-order valence-electron chi connectivity index (χ3n) is 9.33.